The summed E-state index contributed by atoms with van der Waals surface area (Å²) in [6, 6.07) is 2.08. The first-order chi connectivity index (χ1) is 11.1. The van der Waals surface area contributed by atoms with Gasteiger partial charge in [-0.25, -0.2) is 0 Å². The number of rotatable bonds is 3. The van der Waals surface area contributed by atoms with Gasteiger partial charge in [-0.2, -0.15) is 0 Å². The van der Waals surface area contributed by atoms with Gasteiger partial charge in [0.1, 0.15) is 0 Å². The van der Waals surface area contributed by atoms with Crippen LogP contribution in [0.15, 0.2) is 6.07 Å². The summed E-state index contributed by atoms with van der Waals surface area (Å²) >= 11 is 1.65. The summed E-state index contributed by atoms with van der Waals surface area (Å²) in [5, 5.41) is 10.9. The fraction of sp³-hybridized carbons (Fsp3) is 0.706. The molecule has 0 saturated carbocycles. The number of thiophene rings is 1. The van der Waals surface area contributed by atoms with Crippen LogP contribution in [0.1, 0.15) is 33.0 Å². The molecule has 0 bridgehead atoms. The number of likely N-dealkylation sites (tertiary alicyclic amines) is 1. The van der Waals surface area contributed by atoms with E-state index in [-0.39, 0.29) is 5.91 Å². The lowest BCUT2D eigenvalue weighted by Gasteiger charge is -2.33. The van der Waals surface area contributed by atoms with Crippen molar-refractivity contribution in [2.24, 2.45) is 0 Å². The summed E-state index contributed by atoms with van der Waals surface area (Å²) in [5.74, 6) is 0.0994. The second-order valence-electron chi connectivity index (χ2n) is 7.00. The van der Waals surface area contributed by atoms with E-state index in [4.69, 9.17) is 4.74 Å². The Morgan fingerprint density at radius 1 is 1.30 bits per heavy atom. The van der Waals surface area contributed by atoms with E-state index < -0.39 is 5.60 Å². The van der Waals surface area contributed by atoms with E-state index >= 15 is 0 Å². The van der Waals surface area contributed by atoms with Crippen molar-refractivity contribution in [1.29, 1.82) is 0 Å². The number of carbonyl (C=O) groups is 1. The minimum atomic E-state index is -0.771. The van der Waals surface area contributed by atoms with Gasteiger partial charge in [-0.3, -0.25) is 9.69 Å². The first-order valence-corrected chi connectivity index (χ1v) is 9.38. The Morgan fingerprint density at radius 3 is 2.91 bits per heavy atom. The van der Waals surface area contributed by atoms with Crippen molar-refractivity contribution in [3.8, 4) is 0 Å². The van der Waals surface area contributed by atoms with E-state index in [1.165, 1.54) is 16.9 Å². The van der Waals surface area contributed by atoms with E-state index in [1.807, 2.05) is 4.90 Å². The highest BCUT2D eigenvalue weighted by Gasteiger charge is 2.40. The zero-order valence-electron chi connectivity index (χ0n) is 13.4. The number of aryl methyl sites for hydroxylation is 2. The number of morpholine rings is 1. The number of carbonyl (C=O) groups excluding carboxylic acids is 1. The number of fused-ring (bicyclic) bond motifs is 1. The molecule has 126 valence electrons. The standard InChI is InChI=1S/C17H24N2O3S/c20-16(15-10-13-2-1-3-14(13)23-15)19-5-4-17(21,12-19)11-18-6-8-22-9-7-18/h10,21H,1-9,11-12H2. The van der Waals surface area contributed by atoms with Crippen LogP contribution in [0.4, 0.5) is 0 Å². The number of nitrogens with zero attached hydrogens (tertiary/aromatic N) is 2. The predicted octanol–water partition coefficient (Wildman–Crippen LogP) is 1.15. The molecule has 1 amide bonds. The molecule has 1 N–H and O–H groups in total. The van der Waals surface area contributed by atoms with Crippen molar-refractivity contribution >= 4 is 17.2 Å². The Morgan fingerprint density at radius 2 is 2.13 bits per heavy atom. The molecule has 1 aromatic rings. The molecule has 1 aromatic heterocycles. The molecular formula is C17H24N2O3S. The molecular weight excluding hydrogens is 312 g/mol. The molecule has 2 fully saturated rings. The highest BCUT2D eigenvalue weighted by Crippen LogP contribution is 2.32. The van der Waals surface area contributed by atoms with Gasteiger partial charge in [0.25, 0.3) is 5.91 Å². The monoisotopic (exact) mass is 336 g/mol. The molecule has 1 unspecified atom stereocenters. The second kappa shape index (κ2) is 6.16. The Balaban J connectivity index is 1.39. The van der Waals surface area contributed by atoms with Crippen LogP contribution in [0.5, 0.6) is 0 Å². The summed E-state index contributed by atoms with van der Waals surface area (Å²) in [6.07, 6.45) is 4.12. The van der Waals surface area contributed by atoms with Gasteiger partial charge in [-0.15, -0.1) is 11.3 Å². The van der Waals surface area contributed by atoms with Crippen LogP contribution in [0.3, 0.4) is 0 Å². The lowest BCUT2D eigenvalue weighted by Crippen LogP contribution is -2.49. The van der Waals surface area contributed by atoms with Gasteiger partial charge in [-0.1, -0.05) is 0 Å². The second-order valence-corrected chi connectivity index (χ2v) is 8.14. The van der Waals surface area contributed by atoms with Crippen molar-refractivity contribution in [3.05, 3.63) is 21.4 Å². The summed E-state index contributed by atoms with van der Waals surface area (Å²) < 4.78 is 5.36. The molecule has 23 heavy (non-hydrogen) atoms. The van der Waals surface area contributed by atoms with Crippen molar-refractivity contribution in [3.63, 3.8) is 0 Å². The number of hydrogen-bond donors (Lipinski definition) is 1. The molecule has 0 spiro atoms. The van der Waals surface area contributed by atoms with Crippen molar-refractivity contribution < 1.29 is 14.6 Å². The van der Waals surface area contributed by atoms with E-state index in [0.29, 0.717) is 26.1 Å². The van der Waals surface area contributed by atoms with Crippen LogP contribution < -0.4 is 0 Å². The van der Waals surface area contributed by atoms with E-state index in [1.54, 1.807) is 11.3 Å². The molecule has 4 rings (SSSR count). The number of amides is 1. The summed E-state index contributed by atoms with van der Waals surface area (Å²) in [6.45, 7) is 4.95. The Labute approximate surface area is 140 Å². The molecule has 3 heterocycles. The van der Waals surface area contributed by atoms with Crippen LogP contribution in [-0.4, -0.2) is 72.4 Å². The number of aliphatic hydroxyl groups is 1. The largest absolute Gasteiger partial charge is 0.387 e. The minimum absolute atomic E-state index is 0.0994. The van der Waals surface area contributed by atoms with Crippen molar-refractivity contribution in [2.45, 2.75) is 31.3 Å². The maximum Gasteiger partial charge on any atom is 0.264 e. The molecule has 6 heteroatoms. The summed E-state index contributed by atoms with van der Waals surface area (Å²) in [5.41, 5.74) is 0.591. The SMILES string of the molecule is O=C(c1cc2c(s1)CCC2)N1CCC(O)(CN2CCOCC2)C1. The van der Waals surface area contributed by atoms with Gasteiger partial charge in [-0.05, 0) is 37.3 Å². The highest BCUT2D eigenvalue weighted by atomic mass is 32.1. The highest BCUT2D eigenvalue weighted by molar-refractivity contribution is 7.14. The fourth-order valence-corrected chi connectivity index (χ4v) is 5.15. The van der Waals surface area contributed by atoms with Gasteiger partial charge in [0.2, 0.25) is 0 Å². The minimum Gasteiger partial charge on any atom is -0.387 e. The first-order valence-electron chi connectivity index (χ1n) is 8.56. The van der Waals surface area contributed by atoms with Crippen LogP contribution in [0, 0.1) is 0 Å². The predicted molar refractivity (Wildman–Crippen MR) is 89.1 cm³/mol. The zero-order valence-corrected chi connectivity index (χ0v) is 14.2. The topological polar surface area (TPSA) is 53.0 Å². The Hall–Kier alpha value is -0.950. The molecule has 2 saturated heterocycles. The summed E-state index contributed by atoms with van der Waals surface area (Å²) in [7, 11) is 0. The number of hydrogen-bond acceptors (Lipinski definition) is 5. The average Bonchev–Trinajstić information content (AvgIpc) is 3.22. The Bertz CT molecular complexity index is 575. The molecule has 1 aliphatic carbocycles. The maximum absolute atomic E-state index is 12.7. The fourth-order valence-electron chi connectivity index (χ4n) is 3.92. The average molecular weight is 336 g/mol. The number of β-amino-alcohol motifs (C(OH)–C–C–N with tert-alkyl or cyclic N) is 1. The smallest absolute Gasteiger partial charge is 0.264 e. The van der Waals surface area contributed by atoms with Gasteiger partial charge in [0, 0.05) is 31.1 Å². The van der Waals surface area contributed by atoms with E-state index in [9.17, 15) is 9.90 Å². The Kier molecular flexibility index (Phi) is 4.17. The molecule has 1 atom stereocenters. The van der Waals surface area contributed by atoms with Crippen molar-refractivity contribution in [1.82, 2.24) is 9.80 Å². The lowest BCUT2D eigenvalue weighted by atomic mass is 10.0. The quantitative estimate of drug-likeness (QED) is 0.900. The molecule has 2 aliphatic heterocycles. The van der Waals surface area contributed by atoms with Crippen LogP contribution in [0.2, 0.25) is 0 Å². The molecule has 0 aromatic carbocycles. The molecule has 3 aliphatic rings. The normalized spacial score (nSPS) is 28.3. The van der Waals surface area contributed by atoms with Gasteiger partial charge in [0.15, 0.2) is 0 Å². The van der Waals surface area contributed by atoms with E-state index in [2.05, 4.69) is 11.0 Å². The molecule has 0 radical (unpaired) electrons. The van der Waals surface area contributed by atoms with Gasteiger partial charge in [0.05, 0.1) is 30.2 Å². The third-order valence-electron chi connectivity index (χ3n) is 5.20. The third-order valence-corrected chi connectivity index (χ3v) is 6.42. The maximum atomic E-state index is 12.7. The van der Waals surface area contributed by atoms with Crippen LogP contribution >= 0.6 is 11.3 Å². The van der Waals surface area contributed by atoms with E-state index in [0.717, 1.165) is 44.0 Å². The van der Waals surface area contributed by atoms with Crippen LogP contribution in [-0.2, 0) is 17.6 Å². The third kappa shape index (κ3) is 3.18. The molecule has 5 nitrogen and oxygen atoms in total. The van der Waals surface area contributed by atoms with Crippen LogP contribution in [0.25, 0.3) is 0 Å². The zero-order chi connectivity index (χ0) is 15.9. The van der Waals surface area contributed by atoms with Gasteiger partial charge >= 0.3 is 0 Å². The first kappa shape index (κ1) is 15.6. The lowest BCUT2D eigenvalue weighted by molar-refractivity contribution is -0.0257. The number of ether oxygens (including phenoxy) is 1. The van der Waals surface area contributed by atoms with Crippen molar-refractivity contribution in [2.75, 3.05) is 45.9 Å². The summed E-state index contributed by atoms with van der Waals surface area (Å²) in [4.78, 5) is 19.0. The van der Waals surface area contributed by atoms with Gasteiger partial charge < -0.3 is 14.7 Å².